The molecule has 5 nitrogen and oxygen atoms in total. The van der Waals surface area contributed by atoms with Crippen LogP contribution in [0.2, 0.25) is 0 Å². The molecule has 0 aliphatic carbocycles. The highest BCUT2D eigenvalue weighted by Gasteiger charge is 2.18. The zero-order chi connectivity index (χ0) is 14.7. The van der Waals surface area contributed by atoms with Crippen LogP contribution in [0.3, 0.4) is 0 Å². The smallest absolute Gasteiger partial charge is 0.347 e. The SMILES string of the molecule is COCc1nc(-c2ccc(OC)c(F)c2)sc1C(=O)O. The van der Waals surface area contributed by atoms with Gasteiger partial charge in [0.15, 0.2) is 11.6 Å². The molecule has 106 valence electrons. The van der Waals surface area contributed by atoms with Crippen molar-refractivity contribution in [1.29, 1.82) is 0 Å². The summed E-state index contributed by atoms with van der Waals surface area (Å²) < 4.78 is 23.4. The highest BCUT2D eigenvalue weighted by Crippen LogP contribution is 2.31. The molecule has 0 aliphatic heterocycles. The number of methoxy groups -OCH3 is 2. The van der Waals surface area contributed by atoms with Crippen LogP contribution < -0.4 is 4.74 Å². The van der Waals surface area contributed by atoms with Crippen LogP contribution in [0.25, 0.3) is 10.6 Å². The van der Waals surface area contributed by atoms with Gasteiger partial charge in [0.05, 0.1) is 19.4 Å². The van der Waals surface area contributed by atoms with Crippen LogP contribution in [0.5, 0.6) is 5.75 Å². The Labute approximate surface area is 118 Å². The van der Waals surface area contributed by atoms with E-state index in [4.69, 9.17) is 14.6 Å². The fourth-order valence-electron chi connectivity index (χ4n) is 1.68. The third kappa shape index (κ3) is 2.78. The molecule has 0 unspecified atom stereocenters. The summed E-state index contributed by atoms with van der Waals surface area (Å²) >= 11 is 0.985. The van der Waals surface area contributed by atoms with Gasteiger partial charge in [-0.05, 0) is 18.2 Å². The molecule has 2 aromatic rings. The Morgan fingerprint density at radius 1 is 1.45 bits per heavy atom. The van der Waals surface area contributed by atoms with Crippen molar-refractivity contribution < 1.29 is 23.8 Å². The standard InChI is InChI=1S/C13H12FNO4S/c1-18-6-9-11(13(16)17)20-12(15-9)7-3-4-10(19-2)8(14)5-7/h3-5H,6H2,1-2H3,(H,16,17). The van der Waals surface area contributed by atoms with Gasteiger partial charge in [-0.3, -0.25) is 0 Å². The molecule has 0 bridgehead atoms. The fourth-order valence-corrected chi connectivity index (χ4v) is 2.58. The Kier molecular flexibility index (Phi) is 4.31. The van der Waals surface area contributed by atoms with Crippen molar-refractivity contribution in [2.24, 2.45) is 0 Å². The van der Waals surface area contributed by atoms with E-state index in [1.165, 1.54) is 26.4 Å². The Hall–Kier alpha value is -1.99. The number of aromatic nitrogens is 1. The molecule has 0 amide bonds. The van der Waals surface area contributed by atoms with Crippen LogP contribution in [-0.2, 0) is 11.3 Å². The number of benzene rings is 1. The number of carboxylic acids is 1. The first kappa shape index (κ1) is 14.4. The van der Waals surface area contributed by atoms with Crippen molar-refractivity contribution in [3.8, 4) is 16.3 Å². The third-order valence-electron chi connectivity index (χ3n) is 2.57. The summed E-state index contributed by atoms with van der Waals surface area (Å²) in [5.74, 6) is -1.47. The van der Waals surface area contributed by atoms with Crippen molar-refractivity contribution >= 4 is 17.3 Å². The number of rotatable bonds is 5. The second-order valence-electron chi connectivity index (χ2n) is 3.88. The second kappa shape index (κ2) is 5.98. The summed E-state index contributed by atoms with van der Waals surface area (Å²) in [5.41, 5.74) is 0.828. The molecular formula is C13H12FNO4S. The molecule has 0 radical (unpaired) electrons. The van der Waals surface area contributed by atoms with Gasteiger partial charge in [0, 0.05) is 12.7 Å². The lowest BCUT2D eigenvalue weighted by Gasteiger charge is -2.02. The van der Waals surface area contributed by atoms with E-state index >= 15 is 0 Å². The zero-order valence-electron chi connectivity index (χ0n) is 10.8. The molecule has 0 atom stereocenters. The average molecular weight is 297 g/mol. The minimum absolute atomic E-state index is 0.0940. The molecule has 1 N–H and O–H groups in total. The van der Waals surface area contributed by atoms with Gasteiger partial charge < -0.3 is 14.6 Å². The summed E-state index contributed by atoms with van der Waals surface area (Å²) in [6.45, 7) is 0.0940. The van der Waals surface area contributed by atoms with E-state index < -0.39 is 11.8 Å². The van der Waals surface area contributed by atoms with E-state index in [0.29, 0.717) is 16.3 Å². The first-order valence-corrected chi connectivity index (χ1v) is 6.44. The van der Waals surface area contributed by atoms with Gasteiger partial charge in [0.25, 0.3) is 0 Å². The number of carboxylic acid groups (broad SMARTS) is 1. The maximum Gasteiger partial charge on any atom is 0.347 e. The van der Waals surface area contributed by atoms with Crippen molar-refractivity contribution in [3.63, 3.8) is 0 Å². The summed E-state index contributed by atoms with van der Waals surface area (Å²) in [6, 6.07) is 4.37. The molecule has 2 rings (SSSR count). The summed E-state index contributed by atoms with van der Waals surface area (Å²) in [5, 5.41) is 9.54. The zero-order valence-corrected chi connectivity index (χ0v) is 11.7. The normalized spacial score (nSPS) is 10.6. The van der Waals surface area contributed by atoms with Crippen LogP contribution in [-0.4, -0.2) is 30.3 Å². The van der Waals surface area contributed by atoms with Gasteiger partial charge in [0.1, 0.15) is 9.88 Å². The Balaban J connectivity index is 2.44. The molecule has 0 saturated heterocycles. The summed E-state index contributed by atoms with van der Waals surface area (Å²) in [7, 11) is 2.83. The van der Waals surface area contributed by atoms with Gasteiger partial charge in [-0.2, -0.15) is 0 Å². The summed E-state index contributed by atoms with van der Waals surface area (Å²) in [4.78, 5) is 15.4. The molecule has 1 aromatic heterocycles. The first-order chi connectivity index (χ1) is 9.56. The Morgan fingerprint density at radius 2 is 2.20 bits per heavy atom. The van der Waals surface area contributed by atoms with Gasteiger partial charge in [-0.25, -0.2) is 14.2 Å². The predicted octanol–water partition coefficient (Wildman–Crippen LogP) is 2.80. The Morgan fingerprint density at radius 3 is 2.75 bits per heavy atom. The number of hydrogen-bond acceptors (Lipinski definition) is 5. The quantitative estimate of drug-likeness (QED) is 0.919. The molecule has 1 heterocycles. The molecule has 0 saturated carbocycles. The monoisotopic (exact) mass is 297 g/mol. The van der Waals surface area contributed by atoms with Crippen molar-refractivity contribution in [1.82, 2.24) is 4.98 Å². The maximum absolute atomic E-state index is 13.7. The van der Waals surface area contributed by atoms with Crippen LogP contribution in [0.4, 0.5) is 4.39 Å². The third-order valence-corrected chi connectivity index (χ3v) is 3.71. The van der Waals surface area contributed by atoms with Gasteiger partial charge in [0.2, 0.25) is 0 Å². The number of aromatic carboxylic acids is 1. The molecule has 0 spiro atoms. The van der Waals surface area contributed by atoms with Crippen molar-refractivity contribution in [2.45, 2.75) is 6.61 Å². The average Bonchev–Trinajstić information content (AvgIpc) is 2.83. The van der Waals surface area contributed by atoms with Gasteiger partial charge in [-0.15, -0.1) is 11.3 Å². The van der Waals surface area contributed by atoms with Crippen LogP contribution in [0.1, 0.15) is 15.4 Å². The van der Waals surface area contributed by atoms with Crippen LogP contribution in [0.15, 0.2) is 18.2 Å². The van der Waals surface area contributed by atoms with Crippen molar-refractivity contribution in [3.05, 3.63) is 34.6 Å². The number of thiazole rings is 1. The second-order valence-corrected chi connectivity index (χ2v) is 4.88. The van der Waals surface area contributed by atoms with E-state index in [-0.39, 0.29) is 17.2 Å². The fraction of sp³-hybridized carbons (Fsp3) is 0.231. The number of hydrogen-bond donors (Lipinski definition) is 1. The summed E-state index contributed by atoms with van der Waals surface area (Å²) in [6.07, 6.45) is 0. The molecule has 7 heteroatoms. The minimum atomic E-state index is -1.07. The highest BCUT2D eigenvalue weighted by molar-refractivity contribution is 7.17. The Bertz CT molecular complexity index is 641. The van der Waals surface area contributed by atoms with E-state index in [1.807, 2.05) is 0 Å². The molecule has 1 aromatic carbocycles. The molecule has 0 fully saturated rings. The van der Waals surface area contributed by atoms with E-state index in [9.17, 15) is 9.18 Å². The molecular weight excluding hydrogens is 285 g/mol. The predicted molar refractivity (Wildman–Crippen MR) is 71.7 cm³/mol. The maximum atomic E-state index is 13.7. The number of halogens is 1. The number of nitrogens with zero attached hydrogens (tertiary/aromatic N) is 1. The lowest BCUT2D eigenvalue weighted by Crippen LogP contribution is -1.99. The van der Waals surface area contributed by atoms with Crippen LogP contribution in [0, 0.1) is 5.82 Å². The largest absolute Gasteiger partial charge is 0.494 e. The van der Waals surface area contributed by atoms with Crippen molar-refractivity contribution in [2.75, 3.05) is 14.2 Å². The van der Waals surface area contributed by atoms with E-state index in [1.54, 1.807) is 6.07 Å². The van der Waals surface area contributed by atoms with Gasteiger partial charge in [-0.1, -0.05) is 0 Å². The minimum Gasteiger partial charge on any atom is -0.494 e. The molecule has 20 heavy (non-hydrogen) atoms. The van der Waals surface area contributed by atoms with Gasteiger partial charge >= 0.3 is 5.97 Å². The number of ether oxygens (including phenoxy) is 2. The lowest BCUT2D eigenvalue weighted by molar-refractivity contribution is 0.0697. The first-order valence-electron chi connectivity index (χ1n) is 5.62. The number of carbonyl (C=O) groups is 1. The molecule has 0 aliphatic rings. The topological polar surface area (TPSA) is 68.7 Å². The van der Waals surface area contributed by atoms with E-state index in [0.717, 1.165) is 11.3 Å². The van der Waals surface area contributed by atoms with E-state index in [2.05, 4.69) is 4.98 Å². The van der Waals surface area contributed by atoms with Crippen LogP contribution >= 0.6 is 11.3 Å². The lowest BCUT2D eigenvalue weighted by atomic mass is 10.2. The highest BCUT2D eigenvalue weighted by atomic mass is 32.1.